The zero-order valence-corrected chi connectivity index (χ0v) is 8.51. The molecular weight excluding hydrogens is 239 g/mol. The van der Waals surface area contributed by atoms with Gasteiger partial charge in [-0.2, -0.15) is 8.42 Å². The molecule has 0 radical (unpaired) electrons. The predicted molar refractivity (Wildman–Crippen MR) is 50.6 cm³/mol. The number of rotatable bonds is 0. The zero-order chi connectivity index (χ0) is 10.5. The Balaban J connectivity index is 0.000000252. The van der Waals surface area contributed by atoms with E-state index in [0.717, 1.165) is 10.0 Å². The molecule has 1 rings (SSSR count). The van der Waals surface area contributed by atoms with Crippen LogP contribution in [0.4, 0.5) is 0 Å². The molecule has 0 aliphatic heterocycles. The summed E-state index contributed by atoms with van der Waals surface area (Å²) in [7, 11) is -4.67. The fourth-order valence-corrected chi connectivity index (χ4v) is 0.682. The molecule has 74 valence electrons. The Kier molecular flexibility index (Phi) is 5.27. The Hall–Kier alpha value is -0.330. The molecular formula is C6H6Cl2O4S. The van der Waals surface area contributed by atoms with E-state index in [9.17, 15) is 0 Å². The summed E-state index contributed by atoms with van der Waals surface area (Å²) >= 11 is 11.1. The molecule has 13 heavy (non-hydrogen) atoms. The van der Waals surface area contributed by atoms with Gasteiger partial charge in [0.25, 0.3) is 0 Å². The largest absolute Gasteiger partial charge is 0.394 e. The third kappa shape index (κ3) is 11.7. The van der Waals surface area contributed by atoms with Gasteiger partial charge in [0, 0.05) is 10.0 Å². The van der Waals surface area contributed by atoms with E-state index in [1.54, 1.807) is 24.3 Å². The smallest absolute Gasteiger partial charge is 0.264 e. The molecule has 0 unspecified atom stereocenters. The summed E-state index contributed by atoms with van der Waals surface area (Å²) in [4.78, 5) is 0. The lowest BCUT2D eigenvalue weighted by molar-refractivity contribution is 0.381. The van der Waals surface area contributed by atoms with Gasteiger partial charge in [-0.3, -0.25) is 9.11 Å². The molecule has 0 bridgehead atoms. The second kappa shape index (κ2) is 5.41. The minimum Gasteiger partial charge on any atom is -0.264 e. The van der Waals surface area contributed by atoms with Crippen molar-refractivity contribution in [2.75, 3.05) is 0 Å². The highest BCUT2D eigenvalue weighted by Gasteiger charge is 1.85. The Morgan fingerprint density at radius 3 is 1.23 bits per heavy atom. The summed E-state index contributed by atoms with van der Waals surface area (Å²) in [5.41, 5.74) is 0. The van der Waals surface area contributed by atoms with Gasteiger partial charge < -0.3 is 0 Å². The molecule has 0 aliphatic carbocycles. The van der Waals surface area contributed by atoms with Gasteiger partial charge >= 0.3 is 10.4 Å². The van der Waals surface area contributed by atoms with Crippen LogP contribution in [-0.4, -0.2) is 17.5 Å². The minimum absolute atomic E-state index is 0.717. The van der Waals surface area contributed by atoms with Crippen LogP contribution >= 0.6 is 23.2 Å². The molecule has 1 aromatic carbocycles. The van der Waals surface area contributed by atoms with Crippen molar-refractivity contribution in [3.63, 3.8) is 0 Å². The van der Waals surface area contributed by atoms with Gasteiger partial charge in [-0.25, -0.2) is 0 Å². The van der Waals surface area contributed by atoms with Crippen LogP contribution < -0.4 is 0 Å². The van der Waals surface area contributed by atoms with Gasteiger partial charge in [-0.15, -0.1) is 0 Å². The van der Waals surface area contributed by atoms with Gasteiger partial charge in [0.1, 0.15) is 0 Å². The molecule has 0 fully saturated rings. The molecule has 4 nitrogen and oxygen atoms in total. The standard InChI is InChI=1S/C6H4Cl2.H2O4S/c7-5-1-2-6(8)4-3-5;1-5(2,3)4/h1-4H;(H2,1,2,3,4). The molecule has 0 saturated heterocycles. The van der Waals surface area contributed by atoms with E-state index in [4.69, 9.17) is 40.7 Å². The quantitative estimate of drug-likeness (QED) is 0.688. The number of benzene rings is 1. The Bertz CT molecular complexity index is 316. The number of halogens is 2. The molecule has 0 heterocycles. The summed E-state index contributed by atoms with van der Waals surface area (Å²) in [6.45, 7) is 0. The molecule has 0 aliphatic rings. The van der Waals surface area contributed by atoms with Crippen LogP contribution in [0.25, 0.3) is 0 Å². The van der Waals surface area contributed by atoms with E-state index in [1.807, 2.05) is 0 Å². The maximum Gasteiger partial charge on any atom is 0.394 e. The van der Waals surface area contributed by atoms with Crippen LogP contribution in [0.1, 0.15) is 0 Å². The number of hydrogen-bond donors (Lipinski definition) is 2. The van der Waals surface area contributed by atoms with Gasteiger partial charge in [0.15, 0.2) is 0 Å². The molecule has 0 atom stereocenters. The Morgan fingerprint density at radius 2 is 1.08 bits per heavy atom. The van der Waals surface area contributed by atoms with Crippen molar-refractivity contribution in [1.29, 1.82) is 0 Å². The second-order valence-corrected chi connectivity index (χ2v) is 3.65. The first-order valence-electron chi connectivity index (χ1n) is 2.90. The van der Waals surface area contributed by atoms with E-state index in [0.29, 0.717) is 0 Å². The van der Waals surface area contributed by atoms with Crippen molar-refractivity contribution in [1.82, 2.24) is 0 Å². The van der Waals surface area contributed by atoms with Crippen LogP contribution in [0.2, 0.25) is 10.0 Å². The van der Waals surface area contributed by atoms with E-state index in [2.05, 4.69) is 0 Å². The lowest BCUT2D eigenvalue weighted by Gasteiger charge is -1.86. The van der Waals surface area contributed by atoms with Crippen molar-refractivity contribution in [3.05, 3.63) is 34.3 Å². The third-order valence-electron chi connectivity index (χ3n) is 0.804. The fraction of sp³-hybridized carbons (Fsp3) is 0. The molecule has 0 saturated carbocycles. The van der Waals surface area contributed by atoms with Crippen molar-refractivity contribution in [2.24, 2.45) is 0 Å². The molecule has 7 heteroatoms. The van der Waals surface area contributed by atoms with E-state index in [-0.39, 0.29) is 0 Å². The van der Waals surface area contributed by atoms with E-state index in [1.165, 1.54) is 0 Å². The Labute approximate surface area is 85.7 Å². The molecule has 0 amide bonds. The topological polar surface area (TPSA) is 74.6 Å². The van der Waals surface area contributed by atoms with Crippen LogP contribution in [0.15, 0.2) is 24.3 Å². The Morgan fingerprint density at radius 1 is 0.923 bits per heavy atom. The van der Waals surface area contributed by atoms with Crippen LogP contribution in [-0.2, 0) is 10.4 Å². The van der Waals surface area contributed by atoms with E-state index >= 15 is 0 Å². The zero-order valence-electron chi connectivity index (χ0n) is 6.18. The maximum absolute atomic E-state index is 8.74. The molecule has 1 aromatic rings. The summed E-state index contributed by atoms with van der Waals surface area (Å²) in [5.74, 6) is 0. The summed E-state index contributed by atoms with van der Waals surface area (Å²) in [6, 6.07) is 7.02. The highest BCUT2D eigenvalue weighted by atomic mass is 35.5. The minimum atomic E-state index is -4.67. The maximum atomic E-state index is 8.74. The lowest BCUT2D eigenvalue weighted by Crippen LogP contribution is -1.89. The molecule has 2 N–H and O–H groups in total. The van der Waals surface area contributed by atoms with Crippen molar-refractivity contribution in [3.8, 4) is 0 Å². The highest BCUT2D eigenvalue weighted by molar-refractivity contribution is 7.79. The summed E-state index contributed by atoms with van der Waals surface area (Å²) in [6.07, 6.45) is 0. The van der Waals surface area contributed by atoms with Crippen molar-refractivity contribution in [2.45, 2.75) is 0 Å². The van der Waals surface area contributed by atoms with Crippen LogP contribution in [0, 0.1) is 0 Å². The van der Waals surface area contributed by atoms with Gasteiger partial charge in [-0.1, -0.05) is 23.2 Å². The first-order valence-corrected chi connectivity index (χ1v) is 5.05. The number of hydrogen-bond acceptors (Lipinski definition) is 2. The van der Waals surface area contributed by atoms with Crippen LogP contribution in [0.5, 0.6) is 0 Å². The van der Waals surface area contributed by atoms with Gasteiger partial charge in [-0.05, 0) is 24.3 Å². The fourth-order valence-electron chi connectivity index (χ4n) is 0.430. The average molecular weight is 245 g/mol. The molecule has 0 aromatic heterocycles. The SMILES string of the molecule is Clc1ccc(Cl)cc1.O=S(=O)(O)O. The third-order valence-corrected chi connectivity index (χ3v) is 1.31. The average Bonchev–Trinajstić information content (AvgIpc) is 1.92. The summed E-state index contributed by atoms with van der Waals surface area (Å²) in [5, 5.41) is 1.43. The second-order valence-electron chi connectivity index (χ2n) is 1.88. The normalized spacial score (nSPS) is 10.2. The predicted octanol–water partition coefficient (Wildman–Crippen LogP) is 2.34. The van der Waals surface area contributed by atoms with Gasteiger partial charge in [0.05, 0.1) is 0 Å². The highest BCUT2D eigenvalue weighted by Crippen LogP contribution is 2.12. The summed E-state index contributed by atoms with van der Waals surface area (Å²) < 4.78 is 31.6. The monoisotopic (exact) mass is 244 g/mol. The molecule has 0 spiro atoms. The van der Waals surface area contributed by atoms with Crippen molar-refractivity contribution < 1.29 is 17.5 Å². The van der Waals surface area contributed by atoms with Crippen molar-refractivity contribution >= 4 is 33.6 Å². The lowest BCUT2D eigenvalue weighted by atomic mass is 10.4. The first kappa shape index (κ1) is 12.7. The van der Waals surface area contributed by atoms with Gasteiger partial charge in [0.2, 0.25) is 0 Å². The van der Waals surface area contributed by atoms with Crippen LogP contribution in [0.3, 0.4) is 0 Å². The van der Waals surface area contributed by atoms with E-state index < -0.39 is 10.4 Å². The first-order chi connectivity index (χ1) is 5.79.